The van der Waals surface area contributed by atoms with Gasteiger partial charge in [-0.2, -0.15) is 0 Å². The van der Waals surface area contributed by atoms with Crippen LogP contribution in [0.15, 0.2) is 40.9 Å². The molecule has 1 N–H and O–H groups in total. The molecule has 0 spiro atoms. The van der Waals surface area contributed by atoms with E-state index in [4.69, 9.17) is 16.3 Å². The summed E-state index contributed by atoms with van der Waals surface area (Å²) in [7, 11) is 1.52. The minimum absolute atomic E-state index is 0.0646. The lowest BCUT2D eigenvalue weighted by Gasteiger charge is -2.11. The number of benzene rings is 2. The number of methoxy groups -OCH3 is 1. The van der Waals surface area contributed by atoms with Crippen molar-refractivity contribution in [1.82, 2.24) is 0 Å². The van der Waals surface area contributed by atoms with Gasteiger partial charge < -0.3 is 10.1 Å². The van der Waals surface area contributed by atoms with Crippen molar-refractivity contribution in [1.29, 1.82) is 0 Å². The Hall–Kier alpha value is -1.85. The van der Waals surface area contributed by atoms with Gasteiger partial charge in [-0.05, 0) is 43.3 Å². The number of Topliss-reactive ketones (excluding diaryl/α,β-unsaturated/α-hetero) is 1. The summed E-state index contributed by atoms with van der Waals surface area (Å²) in [5.74, 6) is 0.255. The highest BCUT2D eigenvalue weighted by molar-refractivity contribution is 9.10. The number of halogens is 2. The van der Waals surface area contributed by atoms with Crippen LogP contribution in [0.3, 0.4) is 0 Å². The lowest BCUT2D eigenvalue weighted by atomic mass is 10.0. The van der Waals surface area contributed by atoms with Gasteiger partial charge in [0.25, 0.3) is 0 Å². The number of carbonyl (C=O) groups excluding carboxylic acids is 2. The fraction of sp³-hybridized carbons (Fsp3) is 0.176. The zero-order chi connectivity index (χ0) is 17.0. The van der Waals surface area contributed by atoms with Crippen LogP contribution in [0, 0.1) is 0 Å². The number of rotatable bonds is 5. The second kappa shape index (κ2) is 7.62. The maximum atomic E-state index is 12.2. The van der Waals surface area contributed by atoms with Crippen LogP contribution >= 0.6 is 27.5 Å². The molecule has 120 valence electrons. The molecule has 0 saturated carbocycles. The molecular weight excluding hydrogens is 382 g/mol. The smallest absolute Gasteiger partial charge is 0.228 e. The first kappa shape index (κ1) is 17.5. The standard InChI is InChI=1S/C17H15BrClNO3/c1-10(21)11-3-6-16(23-2)12(7-11)8-17(22)20-15-5-4-13(18)9-14(15)19/h3-7,9H,8H2,1-2H3,(H,20,22). The van der Waals surface area contributed by atoms with Crippen LogP contribution in [0.2, 0.25) is 5.02 Å². The summed E-state index contributed by atoms with van der Waals surface area (Å²) in [4.78, 5) is 23.7. The number of ketones is 1. The number of ether oxygens (including phenoxy) is 1. The summed E-state index contributed by atoms with van der Waals surface area (Å²) >= 11 is 9.40. The molecule has 23 heavy (non-hydrogen) atoms. The Morgan fingerprint density at radius 1 is 1.22 bits per heavy atom. The summed E-state index contributed by atoms with van der Waals surface area (Å²) in [5.41, 5.74) is 1.71. The van der Waals surface area contributed by atoms with E-state index in [9.17, 15) is 9.59 Å². The van der Waals surface area contributed by atoms with Gasteiger partial charge >= 0.3 is 0 Å². The average molecular weight is 397 g/mol. The lowest BCUT2D eigenvalue weighted by molar-refractivity contribution is -0.115. The summed E-state index contributed by atoms with van der Waals surface area (Å²) in [6.07, 6.45) is 0.0800. The Morgan fingerprint density at radius 2 is 1.96 bits per heavy atom. The third kappa shape index (κ3) is 4.56. The Balaban J connectivity index is 2.19. The summed E-state index contributed by atoms with van der Waals surface area (Å²) in [6, 6.07) is 10.2. The first-order chi connectivity index (χ1) is 10.9. The van der Waals surface area contributed by atoms with Gasteiger partial charge in [-0.25, -0.2) is 0 Å². The Kier molecular flexibility index (Phi) is 5.80. The zero-order valence-electron chi connectivity index (χ0n) is 12.7. The number of anilines is 1. The van der Waals surface area contributed by atoms with E-state index >= 15 is 0 Å². The van der Waals surface area contributed by atoms with E-state index in [1.165, 1.54) is 14.0 Å². The monoisotopic (exact) mass is 395 g/mol. The first-order valence-corrected chi connectivity index (χ1v) is 8.00. The predicted octanol–water partition coefficient (Wildman–Crippen LogP) is 4.49. The molecule has 0 aliphatic rings. The van der Waals surface area contributed by atoms with Crippen molar-refractivity contribution >= 4 is 44.9 Å². The SMILES string of the molecule is COc1ccc(C(C)=O)cc1CC(=O)Nc1ccc(Br)cc1Cl. The van der Waals surface area contributed by atoms with Gasteiger partial charge in [0.2, 0.25) is 5.91 Å². The van der Waals surface area contributed by atoms with Crippen molar-refractivity contribution in [2.24, 2.45) is 0 Å². The molecule has 4 nitrogen and oxygen atoms in total. The van der Waals surface area contributed by atoms with E-state index in [2.05, 4.69) is 21.2 Å². The molecule has 0 fully saturated rings. The van der Waals surface area contributed by atoms with Crippen LogP contribution in [0.4, 0.5) is 5.69 Å². The third-order valence-electron chi connectivity index (χ3n) is 3.24. The van der Waals surface area contributed by atoms with Crippen molar-refractivity contribution < 1.29 is 14.3 Å². The molecule has 1 amide bonds. The molecular formula is C17H15BrClNO3. The van der Waals surface area contributed by atoms with Crippen LogP contribution < -0.4 is 10.1 Å². The number of amides is 1. The minimum atomic E-state index is -0.242. The molecule has 0 heterocycles. The maximum Gasteiger partial charge on any atom is 0.228 e. The Bertz CT molecular complexity index is 761. The molecule has 0 bridgehead atoms. The fourth-order valence-corrected chi connectivity index (χ4v) is 2.81. The highest BCUT2D eigenvalue weighted by Gasteiger charge is 2.13. The fourth-order valence-electron chi connectivity index (χ4n) is 2.09. The van der Waals surface area contributed by atoms with Crippen molar-refractivity contribution in [3.63, 3.8) is 0 Å². The number of hydrogen-bond donors (Lipinski definition) is 1. The van der Waals surface area contributed by atoms with E-state index in [0.717, 1.165) is 4.47 Å². The van der Waals surface area contributed by atoms with Crippen molar-refractivity contribution in [3.05, 3.63) is 57.0 Å². The summed E-state index contributed by atoms with van der Waals surface area (Å²) in [5, 5.41) is 3.20. The van der Waals surface area contributed by atoms with E-state index in [-0.39, 0.29) is 18.1 Å². The molecule has 2 aromatic rings. The number of carbonyl (C=O) groups is 2. The molecule has 0 radical (unpaired) electrons. The van der Waals surface area contributed by atoms with Crippen LogP contribution in [-0.2, 0) is 11.2 Å². The first-order valence-electron chi connectivity index (χ1n) is 6.83. The van der Waals surface area contributed by atoms with E-state index in [1.807, 2.05) is 0 Å². The predicted molar refractivity (Wildman–Crippen MR) is 94.5 cm³/mol. The minimum Gasteiger partial charge on any atom is -0.496 e. The van der Waals surface area contributed by atoms with Crippen molar-refractivity contribution in [2.75, 3.05) is 12.4 Å². The van der Waals surface area contributed by atoms with Gasteiger partial charge in [0, 0.05) is 15.6 Å². The highest BCUT2D eigenvalue weighted by Crippen LogP contribution is 2.26. The van der Waals surface area contributed by atoms with Gasteiger partial charge in [-0.1, -0.05) is 27.5 Å². The van der Waals surface area contributed by atoms with Crippen LogP contribution in [-0.4, -0.2) is 18.8 Å². The normalized spacial score (nSPS) is 10.3. The zero-order valence-corrected chi connectivity index (χ0v) is 15.0. The molecule has 0 saturated heterocycles. The van der Waals surface area contributed by atoms with Crippen LogP contribution in [0.25, 0.3) is 0 Å². The van der Waals surface area contributed by atoms with Gasteiger partial charge in [0.15, 0.2) is 5.78 Å². The number of nitrogens with one attached hydrogen (secondary N) is 1. The maximum absolute atomic E-state index is 12.2. The Labute approximate surface area is 147 Å². The molecule has 2 rings (SSSR count). The lowest BCUT2D eigenvalue weighted by Crippen LogP contribution is -2.15. The highest BCUT2D eigenvalue weighted by atomic mass is 79.9. The van der Waals surface area contributed by atoms with Crippen molar-refractivity contribution in [2.45, 2.75) is 13.3 Å². The number of hydrogen-bond acceptors (Lipinski definition) is 3. The van der Waals surface area contributed by atoms with Crippen molar-refractivity contribution in [3.8, 4) is 5.75 Å². The van der Waals surface area contributed by atoms with E-state index < -0.39 is 0 Å². The third-order valence-corrected chi connectivity index (χ3v) is 4.05. The van der Waals surface area contributed by atoms with Gasteiger partial charge in [0.1, 0.15) is 5.75 Å². The summed E-state index contributed by atoms with van der Waals surface area (Å²) in [6.45, 7) is 1.48. The van der Waals surface area contributed by atoms with Gasteiger partial charge in [-0.15, -0.1) is 0 Å². The molecule has 0 aromatic heterocycles. The van der Waals surface area contributed by atoms with E-state index in [0.29, 0.717) is 27.6 Å². The van der Waals surface area contributed by atoms with E-state index in [1.54, 1.807) is 36.4 Å². The van der Waals surface area contributed by atoms with Gasteiger partial charge in [0.05, 0.1) is 24.2 Å². The largest absolute Gasteiger partial charge is 0.496 e. The van der Waals surface area contributed by atoms with Crippen LogP contribution in [0.5, 0.6) is 5.75 Å². The second-order valence-corrected chi connectivity index (χ2v) is 6.25. The molecule has 0 atom stereocenters. The summed E-state index contributed by atoms with van der Waals surface area (Å²) < 4.78 is 6.08. The topological polar surface area (TPSA) is 55.4 Å². The molecule has 2 aromatic carbocycles. The molecule has 0 aliphatic carbocycles. The molecule has 6 heteroatoms. The molecule has 0 unspecified atom stereocenters. The second-order valence-electron chi connectivity index (χ2n) is 4.93. The molecule has 0 aliphatic heterocycles. The Morgan fingerprint density at radius 3 is 2.57 bits per heavy atom. The van der Waals surface area contributed by atoms with Crippen LogP contribution in [0.1, 0.15) is 22.8 Å². The van der Waals surface area contributed by atoms with Gasteiger partial charge in [-0.3, -0.25) is 9.59 Å². The quantitative estimate of drug-likeness (QED) is 0.757. The average Bonchev–Trinajstić information content (AvgIpc) is 2.50.